The second-order valence-corrected chi connectivity index (χ2v) is 6.94. The van der Waals surface area contributed by atoms with Crippen LogP contribution in [0.2, 0.25) is 0 Å². The van der Waals surface area contributed by atoms with Crippen LogP contribution in [-0.4, -0.2) is 22.8 Å². The average molecular weight is 345 g/mol. The number of benzene rings is 1. The van der Waals surface area contributed by atoms with Crippen LogP contribution in [-0.2, 0) is 10.9 Å². The Kier molecular flexibility index (Phi) is 4.86. The van der Waals surface area contributed by atoms with E-state index in [1.54, 1.807) is 20.8 Å². The summed E-state index contributed by atoms with van der Waals surface area (Å²) in [5, 5.41) is 10.2. The van der Waals surface area contributed by atoms with E-state index in [1.165, 1.54) is 11.0 Å². The molecule has 0 aliphatic carbocycles. The summed E-state index contributed by atoms with van der Waals surface area (Å²) in [6, 6.07) is 2.72. The number of ether oxygens (including phenoxy) is 1. The van der Waals surface area contributed by atoms with Gasteiger partial charge in [0.1, 0.15) is 5.60 Å². The topological polar surface area (TPSA) is 49.8 Å². The number of carbonyl (C=O) groups excluding carboxylic acids is 1. The Morgan fingerprint density at radius 1 is 1.33 bits per heavy atom. The Morgan fingerprint density at radius 3 is 2.46 bits per heavy atom. The second kappa shape index (κ2) is 6.27. The van der Waals surface area contributed by atoms with Crippen LogP contribution in [0.25, 0.3) is 0 Å². The third-order valence-electron chi connectivity index (χ3n) is 3.90. The van der Waals surface area contributed by atoms with Crippen LogP contribution < -0.4 is 4.90 Å². The zero-order chi connectivity index (χ0) is 18.3. The van der Waals surface area contributed by atoms with Gasteiger partial charge in [-0.2, -0.15) is 13.2 Å². The molecule has 7 heteroatoms. The molecule has 2 atom stereocenters. The maximum absolute atomic E-state index is 12.9. The minimum atomic E-state index is -4.51. The number of aliphatic hydroxyl groups is 1. The van der Waals surface area contributed by atoms with Crippen molar-refractivity contribution in [3.05, 3.63) is 29.3 Å². The Balaban J connectivity index is 2.48. The Bertz CT molecular complexity index is 622. The fourth-order valence-electron chi connectivity index (χ4n) is 2.81. The van der Waals surface area contributed by atoms with Crippen molar-refractivity contribution in [3.8, 4) is 0 Å². The molecule has 0 aromatic heterocycles. The van der Waals surface area contributed by atoms with Crippen LogP contribution in [0.5, 0.6) is 0 Å². The molecule has 0 spiro atoms. The minimum Gasteiger partial charge on any atom is -0.443 e. The van der Waals surface area contributed by atoms with Crippen LogP contribution in [0.15, 0.2) is 18.2 Å². The first kappa shape index (κ1) is 18.6. The molecule has 134 valence electrons. The number of alkyl halides is 3. The lowest BCUT2D eigenvalue weighted by Gasteiger charge is -2.39. The van der Waals surface area contributed by atoms with Gasteiger partial charge in [-0.05, 0) is 51.8 Å². The first-order valence-corrected chi connectivity index (χ1v) is 7.85. The largest absolute Gasteiger partial charge is 0.443 e. The van der Waals surface area contributed by atoms with E-state index in [9.17, 15) is 23.1 Å². The summed E-state index contributed by atoms with van der Waals surface area (Å²) < 4.78 is 44.1. The molecule has 1 N–H and O–H groups in total. The molecular formula is C17H22F3NO3. The van der Waals surface area contributed by atoms with Crippen molar-refractivity contribution in [2.45, 2.75) is 64.5 Å². The predicted octanol–water partition coefficient (Wildman–Crippen LogP) is 4.66. The molecule has 1 heterocycles. The Labute approximate surface area is 139 Å². The first-order chi connectivity index (χ1) is 10.9. The van der Waals surface area contributed by atoms with Crippen LogP contribution in [0.3, 0.4) is 0 Å². The quantitative estimate of drug-likeness (QED) is 0.805. The van der Waals surface area contributed by atoms with Crippen molar-refractivity contribution >= 4 is 11.8 Å². The van der Waals surface area contributed by atoms with E-state index in [0.717, 1.165) is 12.1 Å². The van der Waals surface area contributed by atoms with E-state index >= 15 is 0 Å². The summed E-state index contributed by atoms with van der Waals surface area (Å²) >= 11 is 0. The van der Waals surface area contributed by atoms with Crippen molar-refractivity contribution in [1.82, 2.24) is 0 Å². The van der Waals surface area contributed by atoms with E-state index in [-0.39, 0.29) is 23.7 Å². The SMILES string of the molecule is CCC1CC(O)c2cc(C(F)(F)F)ccc2N1C(=O)OC(C)(C)C. The van der Waals surface area contributed by atoms with Gasteiger partial charge in [0, 0.05) is 11.6 Å². The molecule has 1 amide bonds. The van der Waals surface area contributed by atoms with Crippen LogP contribution in [0.4, 0.5) is 23.7 Å². The van der Waals surface area contributed by atoms with Gasteiger partial charge < -0.3 is 9.84 Å². The number of hydrogen-bond donors (Lipinski definition) is 1. The molecule has 2 rings (SSSR count). The first-order valence-electron chi connectivity index (χ1n) is 7.85. The molecule has 0 saturated carbocycles. The number of hydrogen-bond acceptors (Lipinski definition) is 3. The lowest BCUT2D eigenvalue weighted by atomic mass is 9.91. The van der Waals surface area contributed by atoms with Gasteiger partial charge in [0.25, 0.3) is 0 Å². The Morgan fingerprint density at radius 2 is 1.96 bits per heavy atom. The molecule has 0 saturated heterocycles. The summed E-state index contributed by atoms with van der Waals surface area (Å²) in [5.41, 5.74) is -1.21. The van der Waals surface area contributed by atoms with Gasteiger partial charge in [0.15, 0.2) is 0 Å². The third kappa shape index (κ3) is 3.83. The molecule has 1 aromatic rings. The van der Waals surface area contributed by atoms with Gasteiger partial charge >= 0.3 is 12.3 Å². The highest BCUT2D eigenvalue weighted by Gasteiger charge is 2.39. The summed E-state index contributed by atoms with van der Waals surface area (Å²) in [6.07, 6.45) is -5.46. The highest BCUT2D eigenvalue weighted by molar-refractivity contribution is 5.90. The number of carbonyl (C=O) groups is 1. The van der Waals surface area contributed by atoms with Crippen molar-refractivity contribution < 1.29 is 27.8 Å². The number of nitrogens with zero attached hydrogens (tertiary/aromatic N) is 1. The van der Waals surface area contributed by atoms with Gasteiger partial charge in [0.2, 0.25) is 0 Å². The number of anilines is 1. The Hall–Kier alpha value is -1.76. The summed E-state index contributed by atoms with van der Waals surface area (Å²) in [7, 11) is 0. The molecule has 0 bridgehead atoms. The molecule has 1 aromatic carbocycles. The van der Waals surface area contributed by atoms with Crippen molar-refractivity contribution in [1.29, 1.82) is 0 Å². The molecule has 0 fully saturated rings. The zero-order valence-electron chi connectivity index (χ0n) is 14.1. The van der Waals surface area contributed by atoms with Crippen LogP contribution in [0.1, 0.15) is 57.8 Å². The van der Waals surface area contributed by atoms with Crippen LogP contribution >= 0.6 is 0 Å². The number of amides is 1. The molecule has 24 heavy (non-hydrogen) atoms. The van der Waals surface area contributed by atoms with Gasteiger partial charge in [-0.25, -0.2) is 4.79 Å². The van der Waals surface area contributed by atoms with E-state index in [0.29, 0.717) is 6.42 Å². The number of halogens is 3. The summed E-state index contributed by atoms with van der Waals surface area (Å²) in [4.78, 5) is 13.9. The smallest absolute Gasteiger partial charge is 0.416 e. The predicted molar refractivity (Wildman–Crippen MR) is 83.8 cm³/mol. The molecule has 0 radical (unpaired) electrons. The number of aliphatic hydroxyl groups excluding tert-OH is 1. The number of fused-ring (bicyclic) bond motifs is 1. The second-order valence-electron chi connectivity index (χ2n) is 6.94. The molecular weight excluding hydrogens is 323 g/mol. The molecule has 2 unspecified atom stereocenters. The average Bonchev–Trinajstić information content (AvgIpc) is 2.43. The van der Waals surface area contributed by atoms with Gasteiger partial charge in [-0.15, -0.1) is 0 Å². The fraction of sp³-hybridized carbons (Fsp3) is 0.588. The monoisotopic (exact) mass is 345 g/mol. The van der Waals surface area contributed by atoms with Crippen molar-refractivity contribution in [2.24, 2.45) is 0 Å². The van der Waals surface area contributed by atoms with E-state index in [4.69, 9.17) is 4.74 Å². The third-order valence-corrected chi connectivity index (χ3v) is 3.90. The van der Waals surface area contributed by atoms with E-state index in [2.05, 4.69) is 0 Å². The lowest BCUT2D eigenvalue weighted by Crippen LogP contribution is -2.47. The summed E-state index contributed by atoms with van der Waals surface area (Å²) in [6.45, 7) is 7.01. The van der Waals surface area contributed by atoms with Crippen LogP contribution in [0, 0.1) is 0 Å². The molecule has 1 aliphatic rings. The highest BCUT2D eigenvalue weighted by Crippen LogP contribution is 2.42. The number of rotatable bonds is 1. The lowest BCUT2D eigenvalue weighted by molar-refractivity contribution is -0.137. The van der Waals surface area contributed by atoms with E-state index in [1.807, 2.05) is 6.92 Å². The fourth-order valence-corrected chi connectivity index (χ4v) is 2.81. The van der Waals surface area contributed by atoms with Gasteiger partial charge in [-0.1, -0.05) is 6.92 Å². The highest BCUT2D eigenvalue weighted by atomic mass is 19.4. The molecule has 1 aliphatic heterocycles. The maximum atomic E-state index is 12.9. The zero-order valence-corrected chi connectivity index (χ0v) is 14.1. The normalized spacial score (nSPS) is 21.4. The molecule has 4 nitrogen and oxygen atoms in total. The maximum Gasteiger partial charge on any atom is 0.416 e. The van der Waals surface area contributed by atoms with Crippen molar-refractivity contribution in [2.75, 3.05) is 4.90 Å². The van der Waals surface area contributed by atoms with Gasteiger partial charge in [0.05, 0.1) is 17.4 Å². The van der Waals surface area contributed by atoms with Crippen molar-refractivity contribution in [3.63, 3.8) is 0 Å². The van der Waals surface area contributed by atoms with E-state index < -0.39 is 29.5 Å². The standard InChI is InChI=1S/C17H22F3NO3/c1-5-11-9-14(22)12-8-10(17(18,19)20)6-7-13(12)21(11)15(23)24-16(2,3)4/h6-8,11,14,22H,5,9H2,1-4H3. The van der Waals surface area contributed by atoms with Gasteiger partial charge in [-0.3, -0.25) is 4.90 Å². The minimum absolute atomic E-state index is 0.0976. The summed E-state index contributed by atoms with van der Waals surface area (Å²) in [5.74, 6) is 0.